The number of benzene rings is 1. The highest BCUT2D eigenvalue weighted by molar-refractivity contribution is 5.88. The highest BCUT2D eigenvalue weighted by atomic mass is 16.4. The van der Waals surface area contributed by atoms with Crippen LogP contribution in [0.5, 0.6) is 0 Å². The van der Waals surface area contributed by atoms with Crippen molar-refractivity contribution < 1.29 is 9.90 Å². The van der Waals surface area contributed by atoms with E-state index in [-0.39, 0.29) is 11.1 Å². The number of anilines is 1. The zero-order valence-corrected chi connectivity index (χ0v) is 12.0. The summed E-state index contributed by atoms with van der Waals surface area (Å²) in [5.74, 6) is -1.40. The van der Waals surface area contributed by atoms with E-state index in [9.17, 15) is 14.4 Å². The van der Waals surface area contributed by atoms with Crippen LogP contribution in [0, 0.1) is 6.92 Å². The third kappa shape index (κ3) is 2.46. The van der Waals surface area contributed by atoms with Crippen LogP contribution < -0.4 is 16.7 Å². The molecule has 0 atom stereocenters. The molecule has 4 N–H and O–H groups in total. The molecule has 0 aliphatic rings. The number of aromatic nitrogens is 3. The number of pyridine rings is 1. The number of aryl methyl sites for hydroxylation is 1. The van der Waals surface area contributed by atoms with Crippen molar-refractivity contribution in [2.75, 3.05) is 5.73 Å². The number of aromatic amines is 1. The summed E-state index contributed by atoms with van der Waals surface area (Å²) in [4.78, 5) is 40.5. The van der Waals surface area contributed by atoms with Crippen LogP contribution in [-0.2, 0) is 0 Å². The zero-order chi connectivity index (χ0) is 16.7. The van der Waals surface area contributed by atoms with E-state index >= 15 is 0 Å². The Hall–Kier alpha value is -3.42. The summed E-state index contributed by atoms with van der Waals surface area (Å²) in [5, 5.41) is 8.99. The van der Waals surface area contributed by atoms with Crippen LogP contribution >= 0.6 is 0 Å². The number of aromatic carboxylic acids is 1. The summed E-state index contributed by atoms with van der Waals surface area (Å²) >= 11 is 0. The minimum Gasteiger partial charge on any atom is -0.476 e. The Morgan fingerprint density at radius 2 is 2.09 bits per heavy atom. The summed E-state index contributed by atoms with van der Waals surface area (Å²) in [7, 11) is 0. The van der Waals surface area contributed by atoms with Crippen molar-refractivity contribution in [1.29, 1.82) is 0 Å². The molecule has 0 unspecified atom stereocenters. The number of fused-ring (bicyclic) bond motifs is 1. The Kier molecular flexibility index (Phi) is 3.21. The van der Waals surface area contributed by atoms with E-state index in [0.29, 0.717) is 16.7 Å². The minimum atomic E-state index is -1.40. The maximum Gasteiger partial charge on any atom is 0.360 e. The quantitative estimate of drug-likeness (QED) is 0.637. The second-order valence-electron chi connectivity index (χ2n) is 5.05. The number of nitrogens with two attached hydrogens (primary N) is 1. The number of carbonyl (C=O) groups is 1. The number of H-pyrrole nitrogens is 1. The van der Waals surface area contributed by atoms with Crippen molar-refractivity contribution in [2.24, 2.45) is 0 Å². The van der Waals surface area contributed by atoms with Gasteiger partial charge in [-0.25, -0.2) is 9.78 Å². The molecule has 0 radical (unpaired) electrons. The fourth-order valence-electron chi connectivity index (χ4n) is 2.30. The molecule has 8 nitrogen and oxygen atoms in total. The maximum absolute atomic E-state index is 11.7. The monoisotopic (exact) mass is 312 g/mol. The number of nitrogens with zero attached hydrogens (tertiary/aromatic N) is 2. The minimum absolute atomic E-state index is 0.0904. The number of carboxylic acids is 1. The van der Waals surface area contributed by atoms with Crippen molar-refractivity contribution >= 4 is 22.7 Å². The number of hydrogen-bond acceptors (Lipinski definition) is 5. The van der Waals surface area contributed by atoms with Gasteiger partial charge in [0.1, 0.15) is 0 Å². The topological polar surface area (TPSA) is 131 Å². The van der Waals surface area contributed by atoms with Gasteiger partial charge in [0.25, 0.3) is 5.56 Å². The zero-order valence-electron chi connectivity index (χ0n) is 12.0. The number of rotatable bonds is 2. The lowest BCUT2D eigenvalue weighted by atomic mass is 10.1. The molecule has 0 fully saturated rings. The first-order valence-electron chi connectivity index (χ1n) is 6.63. The predicted molar refractivity (Wildman–Crippen MR) is 84.1 cm³/mol. The Morgan fingerprint density at radius 3 is 2.74 bits per heavy atom. The summed E-state index contributed by atoms with van der Waals surface area (Å²) in [6.45, 7) is 1.81. The molecular formula is C15H12N4O4. The van der Waals surface area contributed by atoms with Gasteiger partial charge in [-0.2, -0.15) is 0 Å². The molecule has 0 aliphatic heterocycles. The lowest BCUT2D eigenvalue weighted by Crippen LogP contribution is -2.20. The highest BCUT2D eigenvalue weighted by Gasteiger charge is 2.13. The van der Waals surface area contributed by atoms with Crippen LogP contribution in [-0.4, -0.2) is 25.6 Å². The Balaban J connectivity index is 2.29. The van der Waals surface area contributed by atoms with Gasteiger partial charge in [-0.15, -0.1) is 0 Å². The summed E-state index contributed by atoms with van der Waals surface area (Å²) in [5.41, 5.74) is 6.31. The molecule has 1 aromatic carbocycles. The average molecular weight is 312 g/mol. The van der Waals surface area contributed by atoms with Crippen molar-refractivity contribution in [1.82, 2.24) is 14.5 Å². The maximum atomic E-state index is 11.7. The molecule has 8 heteroatoms. The predicted octanol–water partition coefficient (Wildman–Crippen LogP) is 0.663. The number of nitrogens with one attached hydrogen (secondary N) is 1. The van der Waals surface area contributed by atoms with Crippen molar-refractivity contribution in [3.63, 3.8) is 0 Å². The molecule has 2 heterocycles. The fourth-order valence-corrected chi connectivity index (χ4v) is 2.30. The van der Waals surface area contributed by atoms with Crippen molar-refractivity contribution in [2.45, 2.75) is 6.92 Å². The molecule has 0 saturated heterocycles. The van der Waals surface area contributed by atoms with Gasteiger partial charge in [0, 0.05) is 18.5 Å². The van der Waals surface area contributed by atoms with Crippen molar-refractivity contribution in [3.8, 4) is 5.69 Å². The third-order valence-corrected chi connectivity index (χ3v) is 3.44. The van der Waals surface area contributed by atoms with Crippen LogP contribution in [0.15, 0.2) is 40.2 Å². The van der Waals surface area contributed by atoms with E-state index < -0.39 is 17.2 Å². The SMILES string of the molecule is Cc1cc2[nH]c(=O)c(C(=O)O)nc2cc1-n1ccc(=O)c(N)c1. The lowest BCUT2D eigenvalue weighted by molar-refractivity contribution is 0.0689. The first kappa shape index (κ1) is 14.5. The van der Waals surface area contributed by atoms with Crippen LogP contribution in [0.25, 0.3) is 16.7 Å². The molecule has 116 valence electrons. The smallest absolute Gasteiger partial charge is 0.360 e. The van der Waals surface area contributed by atoms with Crippen LogP contribution in [0.2, 0.25) is 0 Å². The molecule has 0 saturated carbocycles. The second-order valence-corrected chi connectivity index (χ2v) is 5.05. The molecular weight excluding hydrogens is 300 g/mol. The summed E-state index contributed by atoms with van der Waals surface area (Å²) < 4.78 is 1.64. The van der Waals surface area contributed by atoms with Crippen LogP contribution in [0.3, 0.4) is 0 Å². The summed E-state index contributed by atoms with van der Waals surface area (Å²) in [6.07, 6.45) is 3.02. The van der Waals surface area contributed by atoms with E-state index in [1.54, 1.807) is 22.9 Å². The molecule has 3 aromatic rings. The lowest BCUT2D eigenvalue weighted by Gasteiger charge is -2.12. The van der Waals surface area contributed by atoms with E-state index in [4.69, 9.17) is 10.8 Å². The largest absolute Gasteiger partial charge is 0.476 e. The van der Waals surface area contributed by atoms with Gasteiger partial charge in [-0.05, 0) is 24.6 Å². The molecule has 0 amide bonds. The Bertz CT molecular complexity index is 1070. The average Bonchev–Trinajstić information content (AvgIpc) is 2.48. The molecule has 23 heavy (non-hydrogen) atoms. The van der Waals surface area contributed by atoms with Crippen LogP contribution in [0.4, 0.5) is 5.69 Å². The highest BCUT2D eigenvalue weighted by Crippen LogP contribution is 2.20. The van der Waals surface area contributed by atoms with E-state index in [1.807, 2.05) is 6.92 Å². The van der Waals surface area contributed by atoms with Crippen LogP contribution in [0.1, 0.15) is 16.1 Å². The van der Waals surface area contributed by atoms with Gasteiger partial charge in [0.05, 0.1) is 22.4 Å². The molecule has 0 bridgehead atoms. The van der Waals surface area contributed by atoms with E-state index in [1.165, 1.54) is 12.3 Å². The first-order valence-corrected chi connectivity index (χ1v) is 6.63. The molecule has 0 spiro atoms. The molecule has 0 aliphatic carbocycles. The van der Waals surface area contributed by atoms with E-state index in [2.05, 4.69) is 9.97 Å². The number of carboxylic acid groups (broad SMARTS) is 1. The molecule has 2 aromatic heterocycles. The van der Waals surface area contributed by atoms with E-state index in [0.717, 1.165) is 5.56 Å². The van der Waals surface area contributed by atoms with Gasteiger partial charge in [0.2, 0.25) is 11.1 Å². The standard InChI is InChI=1S/C15H12N4O4/c1-7-4-9-10(17-13(15(22)23)14(21)18-9)5-11(7)19-3-2-12(20)8(16)6-19/h2-6H,16H2,1H3,(H,18,21)(H,22,23). The van der Waals surface area contributed by atoms with Gasteiger partial charge in [-0.1, -0.05) is 0 Å². The normalized spacial score (nSPS) is 10.8. The van der Waals surface area contributed by atoms with Crippen molar-refractivity contribution in [3.05, 3.63) is 62.4 Å². The number of nitrogen functional groups attached to an aromatic ring is 1. The van der Waals surface area contributed by atoms with Gasteiger partial charge < -0.3 is 20.4 Å². The Morgan fingerprint density at radius 1 is 1.35 bits per heavy atom. The Labute approximate surface area is 128 Å². The van der Waals surface area contributed by atoms with Gasteiger partial charge >= 0.3 is 5.97 Å². The van der Waals surface area contributed by atoms with Gasteiger partial charge in [-0.3, -0.25) is 9.59 Å². The number of hydrogen-bond donors (Lipinski definition) is 3. The second kappa shape index (κ2) is 5.09. The molecule has 3 rings (SSSR count). The third-order valence-electron chi connectivity index (χ3n) is 3.44. The first-order chi connectivity index (χ1) is 10.9. The van der Waals surface area contributed by atoms with Gasteiger partial charge in [0.15, 0.2) is 0 Å². The summed E-state index contributed by atoms with van der Waals surface area (Å²) in [6, 6.07) is 4.64. The fraction of sp³-hybridized carbons (Fsp3) is 0.0667.